The zero-order valence-electron chi connectivity index (χ0n) is 5.65. The van der Waals surface area contributed by atoms with E-state index in [0.717, 1.165) is 0 Å². The molecule has 0 radical (unpaired) electrons. The summed E-state index contributed by atoms with van der Waals surface area (Å²) >= 11 is 7.65. The first-order valence-electron chi connectivity index (χ1n) is 2.36. The number of nitrogens with one attached hydrogen (secondary N) is 1. The maximum Gasteiger partial charge on any atom is 0.318 e. The molecule has 0 spiro atoms. The van der Waals surface area contributed by atoms with E-state index in [1.807, 2.05) is 4.72 Å². The molecule has 0 amide bonds. The summed E-state index contributed by atoms with van der Waals surface area (Å²) in [5.41, 5.74) is 0. The van der Waals surface area contributed by atoms with Crippen molar-refractivity contribution >= 4 is 30.1 Å². The highest BCUT2D eigenvalue weighted by Gasteiger charge is 2.17. The standard InChI is InChI=1S/CH2N4O6S2/c6-4(7)10-3(1(12)2-13)11-5(8)9/h13H,(H,2,12). The molecular weight excluding hydrogens is 228 g/mol. The van der Waals surface area contributed by atoms with Crippen LogP contribution in [0.15, 0.2) is 0 Å². The largest absolute Gasteiger partial charge is 0.318 e. The van der Waals surface area contributed by atoms with Gasteiger partial charge in [-0.3, -0.25) is 0 Å². The van der Waals surface area contributed by atoms with Gasteiger partial charge < -0.3 is 4.72 Å². The minimum atomic E-state index is -1.35. The maximum atomic E-state index is 9.74. The molecule has 0 aliphatic heterocycles. The molecule has 0 aromatic carbocycles. The molecule has 0 fully saturated rings. The summed E-state index contributed by atoms with van der Waals surface area (Å²) < 4.78 is 1.87. The van der Waals surface area contributed by atoms with E-state index < -0.39 is 15.3 Å². The predicted octanol–water partition coefficient (Wildman–Crippen LogP) is -0.746. The molecule has 74 valence electrons. The van der Waals surface area contributed by atoms with Gasteiger partial charge in [-0.2, -0.15) is 9.88 Å². The van der Waals surface area contributed by atoms with Crippen molar-refractivity contribution in [3.8, 4) is 0 Å². The summed E-state index contributed by atoms with van der Waals surface area (Å²) in [5.74, 6) is 0. The van der Waals surface area contributed by atoms with Crippen LogP contribution in [0.5, 0.6) is 0 Å². The van der Waals surface area contributed by atoms with Crippen molar-refractivity contribution in [2.45, 2.75) is 0 Å². The third-order valence-electron chi connectivity index (χ3n) is 0.543. The quantitative estimate of drug-likeness (QED) is 0.278. The van der Waals surface area contributed by atoms with Crippen LogP contribution in [0.1, 0.15) is 0 Å². The third kappa shape index (κ3) is 4.81. The molecule has 0 heterocycles. The molecule has 0 aliphatic rings. The molecular formula is CH2N4O6S2. The molecule has 0 rings (SSSR count). The second kappa shape index (κ2) is 5.15. The Kier molecular flexibility index (Phi) is 4.53. The van der Waals surface area contributed by atoms with Crippen molar-refractivity contribution in [3.63, 3.8) is 0 Å². The van der Waals surface area contributed by atoms with E-state index in [0.29, 0.717) is 0 Å². The second-order valence-electron chi connectivity index (χ2n) is 1.28. The third-order valence-corrected chi connectivity index (χ3v) is 1.16. The fourth-order valence-electron chi connectivity index (χ4n) is 0.251. The topological polar surface area (TPSA) is 120 Å². The van der Waals surface area contributed by atoms with E-state index in [2.05, 4.69) is 34.9 Å². The number of thiocarbonyl (C=S) groups is 1. The first-order chi connectivity index (χ1) is 5.97. The Morgan fingerprint density at radius 1 is 1.38 bits per heavy atom. The summed E-state index contributed by atoms with van der Waals surface area (Å²) in [6.07, 6.45) is 0. The van der Waals surface area contributed by atoms with E-state index >= 15 is 0 Å². The van der Waals surface area contributed by atoms with Gasteiger partial charge in [-0.1, -0.05) is 12.8 Å². The lowest BCUT2D eigenvalue weighted by molar-refractivity contribution is -0.910. The van der Waals surface area contributed by atoms with Gasteiger partial charge in [0, 0.05) is 0 Å². The first kappa shape index (κ1) is 11.4. The van der Waals surface area contributed by atoms with Gasteiger partial charge in [-0.05, 0) is 17.4 Å². The lowest BCUT2D eigenvalue weighted by atomic mass is 11.2. The highest BCUT2D eigenvalue weighted by Crippen LogP contribution is 1.95. The molecule has 1 N–H and O–H groups in total. The van der Waals surface area contributed by atoms with E-state index in [4.69, 9.17) is 0 Å². The molecule has 0 aliphatic carbocycles. The van der Waals surface area contributed by atoms with Gasteiger partial charge in [-0.15, -0.1) is 20.2 Å². The van der Waals surface area contributed by atoms with E-state index in [-0.39, 0.29) is 5.23 Å². The van der Waals surface area contributed by atoms with Gasteiger partial charge in [0.2, 0.25) is 5.11 Å². The van der Waals surface area contributed by atoms with Crippen molar-refractivity contribution < 1.29 is 20.0 Å². The van der Waals surface area contributed by atoms with Gasteiger partial charge in [0.25, 0.3) is 0 Å². The Morgan fingerprint density at radius 3 is 2.00 bits per heavy atom. The van der Waals surface area contributed by atoms with Gasteiger partial charge >= 0.3 is 10.2 Å². The van der Waals surface area contributed by atoms with Crippen LogP contribution in [0.25, 0.3) is 0 Å². The molecule has 0 saturated heterocycles. The molecule has 13 heavy (non-hydrogen) atoms. The Morgan fingerprint density at radius 2 is 1.77 bits per heavy atom. The number of thiol groups is 1. The van der Waals surface area contributed by atoms with Crippen molar-refractivity contribution in [1.29, 1.82) is 0 Å². The fourth-order valence-corrected chi connectivity index (χ4v) is 0.399. The molecule has 0 atom stereocenters. The Hall–Kier alpha value is -1.56. The Balaban J connectivity index is 4.26. The van der Waals surface area contributed by atoms with Crippen LogP contribution in [0, 0.1) is 20.2 Å². The number of hydrogen-bond donors (Lipinski definition) is 2. The lowest BCUT2D eigenvalue weighted by Crippen LogP contribution is -2.39. The molecule has 10 nitrogen and oxygen atoms in total. The monoisotopic (exact) mass is 230 g/mol. The molecule has 0 unspecified atom stereocenters. The van der Waals surface area contributed by atoms with Crippen molar-refractivity contribution in [1.82, 2.24) is 9.95 Å². The average molecular weight is 230 g/mol. The summed E-state index contributed by atoms with van der Waals surface area (Å²) in [5, 5.41) is 15.9. The number of rotatable bonds is 4. The highest BCUT2D eigenvalue weighted by atomic mass is 32.1. The summed E-state index contributed by atoms with van der Waals surface area (Å²) in [4.78, 5) is 26.6. The number of hydrogen-bond acceptors (Lipinski definition) is 8. The average Bonchev–Trinajstić information content (AvgIpc) is 2.00. The maximum absolute atomic E-state index is 9.74. The van der Waals surface area contributed by atoms with Gasteiger partial charge in [0.15, 0.2) is 0 Å². The minimum absolute atomic E-state index is 0.234. The van der Waals surface area contributed by atoms with Crippen LogP contribution in [0.3, 0.4) is 0 Å². The van der Waals surface area contributed by atoms with Crippen LogP contribution in [0.2, 0.25) is 0 Å². The van der Waals surface area contributed by atoms with Crippen molar-refractivity contribution in [2.24, 2.45) is 0 Å². The van der Waals surface area contributed by atoms with Gasteiger partial charge in [0.1, 0.15) is 0 Å². The second-order valence-corrected chi connectivity index (χ2v) is 1.89. The van der Waals surface area contributed by atoms with Crippen LogP contribution in [0.4, 0.5) is 0 Å². The molecule has 0 saturated carbocycles. The van der Waals surface area contributed by atoms with Crippen LogP contribution in [-0.4, -0.2) is 20.5 Å². The number of nitrogens with zero attached hydrogens (tertiary/aromatic N) is 3. The minimum Gasteiger partial charge on any atom is -0.306 e. The summed E-state index contributed by atoms with van der Waals surface area (Å²) in [6, 6.07) is 0. The smallest absolute Gasteiger partial charge is 0.306 e. The van der Waals surface area contributed by atoms with Gasteiger partial charge in [-0.25, -0.2) is 0 Å². The van der Waals surface area contributed by atoms with Crippen LogP contribution < -0.4 is 4.72 Å². The van der Waals surface area contributed by atoms with Crippen molar-refractivity contribution in [2.75, 3.05) is 0 Å². The fraction of sp³-hybridized carbons (Fsp3) is 0. The van der Waals surface area contributed by atoms with Crippen molar-refractivity contribution in [3.05, 3.63) is 20.2 Å². The van der Waals surface area contributed by atoms with E-state index in [9.17, 15) is 20.2 Å². The zero-order valence-corrected chi connectivity index (χ0v) is 7.36. The lowest BCUT2D eigenvalue weighted by Gasteiger charge is -2.14. The number of hydroxylamine groups is 2. The normalized spacial score (nSPS) is 8.38. The van der Waals surface area contributed by atoms with Crippen LogP contribution >= 0.6 is 25.0 Å². The highest BCUT2D eigenvalue weighted by molar-refractivity contribution is 7.84. The zero-order chi connectivity index (χ0) is 10.4. The summed E-state index contributed by atoms with van der Waals surface area (Å²) in [7, 11) is 0. The van der Waals surface area contributed by atoms with Gasteiger partial charge in [0.05, 0.1) is 0 Å². The Bertz CT molecular complexity index is 215. The Labute approximate surface area is 81.0 Å². The molecule has 0 aromatic rings. The van der Waals surface area contributed by atoms with Crippen LogP contribution in [-0.2, 0) is 9.88 Å². The van der Waals surface area contributed by atoms with E-state index in [1.165, 1.54) is 0 Å². The summed E-state index contributed by atoms with van der Waals surface area (Å²) in [6.45, 7) is 0. The SMILES string of the molecule is O=[N+]([O-])ON(O[N+](=O)[O-])C(=S)NS. The molecule has 12 heteroatoms. The van der Waals surface area contributed by atoms with E-state index in [1.54, 1.807) is 0 Å². The molecule has 0 bridgehead atoms. The predicted molar refractivity (Wildman–Crippen MR) is 42.7 cm³/mol. The molecule has 0 aromatic heterocycles. The first-order valence-corrected chi connectivity index (χ1v) is 3.22.